The Balaban J connectivity index is 2.48. The van der Waals surface area contributed by atoms with Gasteiger partial charge >= 0.3 is 5.97 Å². The summed E-state index contributed by atoms with van der Waals surface area (Å²) in [5, 5.41) is 1.98. The number of hydrogen-bond donors (Lipinski definition) is 1. The molecule has 1 atom stereocenters. The van der Waals surface area contributed by atoms with Crippen molar-refractivity contribution in [2.45, 2.75) is 19.4 Å². The highest BCUT2D eigenvalue weighted by atomic mass is 79.9. The van der Waals surface area contributed by atoms with Gasteiger partial charge in [0.15, 0.2) is 0 Å². The van der Waals surface area contributed by atoms with Gasteiger partial charge in [0.05, 0.1) is 10.4 Å². The van der Waals surface area contributed by atoms with Crippen LogP contribution in [-0.2, 0) is 16.0 Å². The van der Waals surface area contributed by atoms with Gasteiger partial charge in [0.1, 0.15) is 6.04 Å². The zero-order valence-corrected chi connectivity index (χ0v) is 10.2. The smallest absolute Gasteiger partial charge is 0.323 e. The molecule has 0 spiro atoms. The maximum Gasteiger partial charge on any atom is 0.323 e. The molecule has 78 valence electrons. The third kappa shape index (κ3) is 3.40. The minimum Gasteiger partial charge on any atom is -0.465 e. The SMILES string of the molecule is CCOC(=O)[C@@H](N)Cc1csc(Br)c1. The highest BCUT2D eigenvalue weighted by Gasteiger charge is 2.15. The summed E-state index contributed by atoms with van der Waals surface area (Å²) in [5.74, 6) is -0.338. The molecule has 0 fully saturated rings. The summed E-state index contributed by atoms with van der Waals surface area (Å²) in [7, 11) is 0. The molecule has 0 saturated carbocycles. The average molecular weight is 278 g/mol. The molecule has 0 aromatic carbocycles. The number of carbonyl (C=O) groups excluding carboxylic acids is 1. The topological polar surface area (TPSA) is 52.3 Å². The van der Waals surface area contributed by atoms with Crippen molar-refractivity contribution in [3.63, 3.8) is 0 Å². The molecular weight excluding hydrogens is 266 g/mol. The van der Waals surface area contributed by atoms with Crippen LogP contribution in [0.25, 0.3) is 0 Å². The Labute approximate surface area is 95.4 Å². The first-order valence-corrected chi connectivity index (χ1v) is 5.96. The van der Waals surface area contributed by atoms with Gasteiger partial charge in [-0.2, -0.15) is 0 Å². The van der Waals surface area contributed by atoms with E-state index in [0.717, 1.165) is 9.35 Å². The molecule has 0 aliphatic carbocycles. The molecule has 0 aliphatic heterocycles. The fraction of sp³-hybridized carbons (Fsp3) is 0.444. The van der Waals surface area contributed by atoms with Crippen molar-refractivity contribution in [2.75, 3.05) is 6.61 Å². The van der Waals surface area contributed by atoms with E-state index in [2.05, 4.69) is 15.9 Å². The number of halogens is 1. The van der Waals surface area contributed by atoms with Crippen LogP contribution in [0.1, 0.15) is 12.5 Å². The molecule has 3 nitrogen and oxygen atoms in total. The number of esters is 1. The normalized spacial score (nSPS) is 12.5. The summed E-state index contributed by atoms with van der Waals surface area (Å²) >= 11 is 4.93. The summed E-state index contributed by atoms with van der Waals surface area (Å²) in [6.07, 6.45) is 0.529. The second kappa shape index (κ2) is 5.48. The van der Waals surface area contributed by atoms with E-state index in [0.29, 0.717) is 13.0 Å². The van der Waals surface area contributed by atoms with Crippen molar-refractivity contribution in [3.05, 3.63) is 20.8 Å². The number of thiophene rings is 1. The van der Waals surface area contributed by atoms with Crippen LogP contribution in [0.3, 0.4) is 0 Å². The Kier molecular flexibility index (Phi) is 4.57. The van der Waals surface area contributed by atoms with Crippen molar-refractivity contribution >= 4 is 33.2 Å². The van der Waals surface area contributed by atoms with Crippen LogP contribution in [-0.4, -0.2) is 18.6 Å². The number of hydrogen-bond acceptors (Lipinski definition) is 4. The minimum absolute atomic E-state index is 0.338. The maximum absolute atomic E-state index is 11.2. The fourth-order valence-corrected chi connectivity index (χ4v) is 2.26. The van der Waals surface area contributed by atoms with Crippen LogP contribution in [0.5, 0.6) is 0 Å². The van der Waals surface area contributed by atoms with Crippen LogP contribution < -0.4 is 5.73 Å². The van der Waals surface area contributed by atoms with Gasteiger partial charge < -0.3 is 10.5 Å². The lowest BCUT2D eigenvalue weighted by Gasteiger charge is -2.08. The average Bonchev–Trinajstić information content (AvgIpc) is 2.51. The monoisotopic (exact) mass is 277 g/mol. The van der Waals surface area contributed by atoms with Gasteiger partial charge in [-0.25, -0.2) is 0 Å². The van der Waals surface area contributed by atoms with Crippen LogP contribution in [0, 0.1) is 0 Å². The largest absolute Gasteiger partial charge is 0.465 e. The van der Waals surface area contributed by atoms with E-state index in [1.54, 1.807) is 18.3 Å². The van der Waals surface area contributed by atoms with E-state index in [-0.39, 0.29) is 5.97 Å². The molecule has 2 N–H and O–H groups in total. The first-order valence-electron chi connectivity index (χ1n) is 4.28. The Bertz CT molecular complexity index is 314. The van der Waals surface area contributed by atoms with Gasteiger partial charge in [-0.3, -0.25) is 4.79 Å². The zero-order valence-electron chi connectivity index (χ0n) is 7.83. The number of carbonyl (C=O) groups is 1. The van der Waals surface area contributed by atoms with Crippen LogP contribution >= 0.6 is 27.3 Å². The molecule has 0 amide bonds. The molecule has 1 rings (SSSR count). The Morgan fingerprint density at radius 2 is 2.50 bits per heavy atom. The number of nitrogens with two attached hydrogens (primary N) is 1. The molecule has 0 unspecified atom stereocenters. The molecule has 0 bridgehead atoms. The van der Waals surface area contributed by atoms with Gasteiger partial charge in [-0.05, 0) is 46.3 Å². The lowest BCUT2D eigenvalue weighted by atomic mass is 10.1. The van der Waals surface area contributed by atoms with Crippen LogP contribution in [0.2, 0.25) is 0 Å². The van der Waals surface area contributed by atoms with Crippen LogP contribution in [0.4, 0.5) is 0 Å². The van der Waals surface area contributed by atoms with E-state index in [9.17, 15) is 4.79 Å². The summed E-state index contributed by atoms with van der Waals surface area (Å²) < 4.78 is 5.86. The summed E-state index contributed by atoms with van der Waals surface area (Å²) in [6.45, 7) is 2.14. The molecule has 0 radical (unpaired) electrons. The number of ether oxygens (including phenoxy) is 1. The van der Waals surface area contributed by atoms with Gasteiger partial charge in [0, 0.05) is 0 Å². The van der Waals surface area contributed by atoms with Crippen molar-refractivity contribution in [1.29, 1.82) is 0 Å². The zero-order chi connectivity index (χ0) is 10.6. The van der Waals surface area contributed by atoms with E-state index in [4.69, 9.17) is 10.5 Å². The Hall–Kier alpha value is -0.390. The quantitative estimate of drug-likeness (QED) is 0.856. The molecule has 0 aliphatic rings. The molecule has 0 saturated heterocycles. The highest BCUT2D eigenvalue weighted by molar-refractivity contribution is 9.11. The van der Waals surface area contributed by atoms with Crippen molar-refractivity contribution in [1.82, 2.24) is 0 Å². The summed E-state index contributed by atoms with van der Waals surface area (Å²) in [6, 6.07) is 1.40. The summed E-state index contributed by atoms with van der Waals surface area (Å²) in [4.78, 5) is 11.2. The van der Waals surface area contributed by atoms with Gasteiger partial charge in [-0.15, -0.1) is 11.3 Å². The van der Waals surface area contributed by atoms with Crippen molar-refractivity contribution < 1.29 is 9.53 Å². The Morgan fingerprint density at radius 1 is 1.79 bits per heavy atom. The third-order valence-electron chi connectivity index (χ3n) is 1.67. The lowest BCUT2D eigenvalue weighted by molar-refractivity contribution is -0.144. The van der Waals surface area contributed by atoms with Gasteiger partial charge in [-0.1, -0.05) is 0 Å². The van der Waals surface area contributed by atoms with Crippen molar-refractivity contribution in [2.24, 2.45) is 5.73 Å². The predicted molar refractivity (Wildman–Crippen MR) is 60.3 cm³/mol. The highest BCUT2D eigenvalue weighted by Crippen LogP contribution is 2.21. The predicted octanol–water partition coefficient (Wildman–Crippen LogP) is 1.94. The van der Waals surface area contributed by atoms with Crippen LogP contribution in [0.15, 0.2) is 15.2 Å². The standard InChI is InChI=1S/C9H12BrNO2S/c1-2-13-9(12)7(11)3-6-4-8(10)14-5-6/h4-5,7H,2-3,11H2,1H3/t7-/m0/s1. The van der Waals surface area contributed by atoms with E-state index < -0.39 is 6.04 Å². The third-order valence-corrected chi connectivity index (χ3v) is 3.22. The Morgan fingerprint density at radius 3 is 3.00 bits per heavy atom. The number of rotatable bonds is 4. The van der Waals surface area contributed by atoms with Gasteiger partial charge in [0.25, 0.3) is 0 Å². The molecule has 1 aromatic rings. The van der Waals surface area contributed by atoms with E-state index in [1.807, 2.05) is 11.4 Å². The second-order valence-electron chi connectivity index (χ2n) is 2.82. The molecule has 5 heteroatoms. The summed E-state index contributed by atoms with van der Waals surface area (Å²) in [5.41, 5.74) is 6.72. The molecule has 1 aromatic heterocycles. The fourth-order valence-electron chi connectivity index (χ4n) is 1.04. The molecule has 1 heterocycles. The van der Waals surface area contributed by atoms with E-state index in [1.165, 1.54) is 0 Å². The maximum atomic E-state index is 11.2. The lowest BCUT2D eigenvalue weighted by Crippen LogP contribution is -2.34. The van der Waals surface area contributed by atoms with Crippen molar-refractivity contribution in [3.8, 4) is 0 Å². The first kappa shape index (κ1) is 11.7. The van der Waals surface area contributed by atoms with E-state index >= 15 is 0 Å². The molecule has 14 heavy (non-hydrogen) atoms. The first-order chi connectivity index (χ1) is 6.63. The molecular formula is C9H12BrNO2S. The minimum atomic E-state index is -0.559. The van der Waals surface area contributed by atoms with Gasteiger partial charge in [0.2, 0.25) is 0 Å². The second-order valence-corrected chi connectivity index (χ2v) is 5.11.